The first kappa shape index (κ1) is 20.1. The van der Waals surface area contributed by atoms with Gasteiger partial charge in [-0.05, 0) is 39.3 Å². The van der Waals surface area contributed by atoms with Gasteiger partial charge in [0.05, 0.1) is 6.61 Å². The Hall–Kier alpha value is -2.87. The summed E-state index contributed by atoms with van der Waals surface area (Å²) in [5.74, 6) is 1.14. The molecule has 1 unspecified atom stereocenters. The Balaban J connectivity index is 1.40. The number of H-pyrrole nitrogens is 1. The maximum Gasteiger partial charge on any atom is 0.205 e. The van der Waals surface area contributed by atoms with E-state index in [9.17, 15) is 0 Å². The van der Waals surface area contributed by atoms with Crippen LogP contribution in [0.2, 0.25) is 0 Å². The number of thiophene rings is 1. The van der Waals surface area contributed by atoms with Crippen molar-refractivity contribution in [1.82, 2.24) is 25.5 Å². The highest BCUT2D eigenvalue weighted by Crippen LogP contribution is 2.37. The first-order chi connectivity index (χ1) is 15.2. The zero-order chi connectivity index (χ0) is 21.2. The lowest BCUT2D eigenvalue weighted by Gasteiger charge is -2.29. The second kappa shape index (κ2) is 8.70. The van der Waals surface area contributed by atoms with E-state index in [0.29, 0.717) is 17.8 Å². The molecular weight excluding hydrogens is 406 g/mol. The third-order valence-corrected chi connectivity index (χ3v) is 6.75. The Bertz CT molecular complexity index is 1110. The zero-order valence-electron chi connectivity index (χ0n) is 17.6. The van der Waals surface area contributed by atoms with Crippen molar-refractivity contribution < 1.29 is 4.74 Å². The first-order valence-electron chi connectivity index (χ1n) is 10.5. The minimum atomic E-state index is 0.0334. The summed E-state index contributed by atoms with van der Waals surface area (Å²) in [6.07, 6.45) is 0.0334. The molecule has 1 aliphatic rings. The largest absolute Gasteiger partial charge is 0.356 e. The van der Waals surface area contributed by atoms with Gasteiger partial charge in [-0.3, -0.25) is 4.90 Å². The van der Waals surface area contributed by atoms with Crippen LogP contribution in [0.15, 0.2) is 66.0 Å². The van der Waals surface area contributed by atoms with Crippen LogP contribution in [0.1, 0.15) is 30.5 Å². The van der Waals surface area contributed by atoms with E-state index in [2.05, 4.69) is 87.2 Å². The van der Waals surface area contributed by atoms with E-state index in [1.807, 2.05) is 18.2 Å². The maximum atomic E-state index is 6.22. The van der Waals surface area contributed by atoms with Crippen molar-refractivity contribution in [1.29, 1.82) is 0 Å². The van der Waals surface area contributed by atoms with Gasteiger partial charge in [0.2, 0.25) is 5.82 Å². The highest BCUT2D eigenvalue weighted by molar-refractivity contribution is 7.10. The van der Waals surface area contributed by atoms with Crippen LogP contribution in [0.25, 0.3) is 22.5 Å². The predicted molar refractivity (Wildman–Crippen MR) is 122 cm³/mol. The molecule has 0 aliphatic carbocycles. The number of rotatable bonds is 6. The topological polar surface area (TPSA) is 66.9 Å². The molecule has 7 heteroatoms. The smallest absolute Gasteiger partial charge is 0.205 e. The maximum absolute atomic E-state index is 6.22. The fourth-order valence-corrected chi connectivity index (χ4v) is 5.01. The van der Waals surface area contributed by atoms with Crippen LogP contribution < -0.4 is 0 Å². The number of tetrazole rings is 1. The monoisotopic (exact) mass is 431 g/mol. The second-order valence-electron chi connectivity index (χ2n) is 8.16. The number of nitrogens with zero attached hydrogens (tertiary/aromatic N) is 4. The van der Waals surface area contributed by atoms with Gasteiger partial charge in [0.15, 0.2) is 0 Å². The fourth-order valence-electron chi connectivity index (χ4n) is 4.21. The van der Waals surface area contributed by atoms with Crippen molar-refractivity contribution >= 4 is 11.3 Å². The van der Waals surface area contributed by atoms with E-state index in [1.165, 1.54) is 10.4 Å². The lowest BCUT2D eigenvalue weighted by atomic mass is 9.98. The van der Waals surface area contributed by atoms with Gasteiger partial charge in [-0.2, -0.15) is 5.21 Å². The van der Waals surface area contributed by atoms with Gasteiger partial charge in [-0.25, -0.2) is 0 Å². The molecule has 2 aromatic carbocycles. The van der Waals surface area contributed by atoms with Crippen LogP contribution in [0.3, 0.4) is 0 Å². The molecule has 1 aliphatic heterocycles. The number of hydrogen-bond acceptors (Lipinski definition) is 6. The quantitative estimate of drug-likeness (QED) is 0.457. The molecule has 158 valence electrons. The SMILES string of the molecule is CC(C)[C@H]1COC(c2cccs2)N1Cc1ccc(-c2ccccc2-c2nn[nH]n2)cc1. The molecule has 4 aromatic rings. The Morgan fingerprint density at radius 2 is 1.87 bits per heavy atom. The van der Waals surface area contributed by atoms with Gasteiger partial charge in [0.25, 0.3) is 0 Å². The van der Waals surface area contributed by atoms with Crippen LogP contribution in [0.5, 0.6) is 0 Å². The van der Waals surface area contributed by atoms with Crippen molar-refractivity contribution in [2.24, 2.45) is 5.92 Å². The summed E-state index contributed by atoms with van der Waals surface area (Å²) in [4.78, 5) is 3.77. The van der Waals surface area contributed by atoms with Crippen molar-refractivity contribution in [3.63, 3.8) is 0 Å². The minimum absolute atomic E-state index is 0.0334. The first-order valence-corrected chi connectivity index (χ1v) is 11.4. The molecular formula is C24H25N5OS. The van der Waals surface area contributed by atoms with E-state index in [0.717, 1.165) is 29.8 Å². The summed E-state index contributed by atoms with van der Waals surface area (Å²) in [6.45, 7) is 6.18. The number of hydrogen-bond donors (Lipinski definition) is 1. The van der Waals surface area contributed by atoms with E-state index >= 15 is 0 Å². The third-order valence-electron chi connectivity index (χ3n) is 5.85. The Morgan fingerprint density at radius 3 is 2.55 bits per heavy atom. The average Bonchev–Trinajstić information content (AvgIpc) is 3.55. The summed E-state index contributed by atoms with van der Waals surface area (Å²) < 4.78 is 6.22. The molecule has 0 radical (unpaired) electrons. The van der Waals surface area contributed by atoms with Gasteiger partial charge in [-0.1, -0.05) is 68.4 Å². The van der Waals surface area contributed by atoms with Crippen LogP contribution in [-0.4, -0.2) is 38.2 Å². The Labute approximate surface area is 185 Å². The molecule has 3 heterocycles. The molecule has 1 fully saturated rings. The molecule has 0 saturated carbocycles. The molecule has 0 spiro atoms. The van der Waals surface area contributed by atoms with E-state index < -0.39 is 0 Å². The van der Waals surface area contributed by atoms with Crippen LogP contribution in [0.4, 0.5) is 0 Å². The summed E-state index contributed by atoms with van der Waals surface area (Å²) in [7, 11) is 0. The third kappa shape index (κ3) is 4.04. The Kier molecular flexibility index (Phi) is 5.63. The number of aromatic nitrogens is 4. The number of benzene rings is 2. The minimum Gasteiger partial charge on any atom is -0.356 e. The van der Waals surface area contributed by atoms with Gasteiger partial charge in [0.1, 0.15) is 6.23 Å². The zero-order valence-corrected chi connectivity index (χ0v) is 18.4. The standard InChI is InChI=1S/C24H25N5OS/c1-16(2)21-15-30-24(22-8-5-13-31-22)29(21)14-17-9-11-18(12-10-17)19-6-3-4-7-20(19)23-25-27-28-26-23/h3-13,16,21,24H,14-15H2,1-2H3,(H,25,26,27,28)/t21-,24?/m1/s1. The van der Waals surface area contributed by atoms with Crippen molar-refractivity contribution in [3.8, 4) is 22.5 Å². The summed E-state index contributed by atoms with van der Waals surface area (Å²) >= 11 is 1.76. The molecule has 2 aromatic heterocycles. The van der Waals surface area contributed by atoms with Gasteiger partial charge in [0, 0.05) is 23.0 Å². The summed E-state index contributed by atoms with van der Waals surface area (Å²) in [6, 6.07) is 21.6. The summed E-state index contributed by atoms with van der Waals surface area (Å²) in [5.41, 5.74) is 4.47. The average molecular weight is 432 g/mol. The highest BCUT2D eigenvalue weighted by Gasteiger charge is 2.37. The van der Waals surface area contributed by atoms with Crippen molar-refractivity contribution in [2.75, 3.05) is 6.61 Å². The molecule has 1 N–H and O–H groups in total. The number of ether oxygens (including phenoxy) is 1. The van der Waals surface area contributed by atoms with E-state index in [4.69, 9.17) is 4.74 Å². The normalized spacial score (nSPS) is 19.3. The molecule has 6 nitrogen and oxygen atoms in total. The molecule has 2 atom stereocenters. The fraction of sp³-hybridized carbons (Fsp3) is 0.292. The van der Waals surface area contributed by atoms with E-state index in [1.54, 1.807) is 11.3 Å². The lowest BCUT2D eigenvalue weighted by Crippen LogP contribution is -2.35. The molecule has 5 rings (SSSR count). The van der Waals surface area contributed by atoms with Gasteiger partial charge < -0.3 is 4.74 Å². The molecule has 31 heavy (non-hydrogen) atoms. The van der Waals surface area contributed by atoms with Gasteiger partial charge in [-0.15, -0.1) is 21.5 Å². The van der Waals surface area contributed by atoms with Crippen LogP contribution >= 0.6 is 11.3 Å². The van der Waals surface area contributed by atoms with Crippen LogP contribution in [-0.2, 0) is 11.3 Å². The molecule has 1 saturated heterocycles. The molecule has 0 amide bonds. The van der Waals surface area contributed by atoms with Crippen molar-refractivity contribution in [3.05, 3.63) is 76.5 Å². The Morgan fingerprint density at radius 1 is 1.06 bits per heavy atom. The van der Waals surface area contributed by atoms with Crippen LogP contribution in [0, 0.1) is 5.92 Å². The highest BCUT2D eigenvalue weighted by atomic mass is 32.1. The predicted octanol–water partition coefficient (Wildman–Crippen LogP) is 5.15. The van der Waals surface area contributed by atoms with Gasteiger partial charge >= 0.3 is 0 Å². The lowest BCUT2D eigenvalue weighted by molar-refractivity contribution is 0.0252. The van der Waals surface area contributed by atoms with E-state index in [-0.39, 0.29) is 6.23 Å². The summed E-state index contributed by atoms with van der Waals surface area (Å²) in [5, 5.41) is 16.7. The second-order valence-corrected chi connectivity index (χ2v) is 9.14. The number of nitrogens with one attached hydrogen (secondary N) is 1. The van der Waals surface area contributed by atoms with Crippen molar-refractivity contribution in [2.45, 2.75) is 32.7 Å². The number of aromatic amines is 1. The molecule has 0 bridgehead atoms.